The van der Waals surface area contributed by atoms with Gasteiger partial charge in [0, 0.05) is 6.04 Å². The molecule has 2 heteroatoms. The van der Waals surface area contributed by atoms with Crippen molar-refractivity contribution >= 4 is 11.8 Å². The van der Waals surface area contributed by atoms with Crippen LogP contribution in [0.1, 0.15) is 66.2 Å². The molecule has 0 aromatic rings. The summed E-state index contributed by atoms with van der Waals surface area (Å²) in [7, 11) is 0. The van der Waals surface area contributed by atoms with Crippen molar-refractivity contribution in [3.63, 3.8) is 0 Å². The van der Waals surface area contributed by atoms with Crippen molar-refractivity contribution in [2.45, 2.75) is 72.3 Å². The van der Waals surface area contributed by atoms with Crippen LogP contribution >= 0.6 is 11.8 Å². The highest BCUT2D eigenvalue weighted by atomic mass is 32.2. The fourth-order valence-electron chi connectivity index (χ4n) is 3.84. The van der Waals surface area contributed by atoms with E-state index in [4.69, 9.17) is 0 Å². The maximum absolute atomic E-state index is 3.80. The van der Waals surface area contributed by atoms with E-state index in [1.807, 2.05) is 11.8 Å². The molecule has 0 aromatic heterocycles. The number of nitrogens with one attached hydrogen (secondary N) is 1. The minimum atomic E-state index is 0.512. The van der Waals surface area contributed by atoms with E-state index in [2.05, 4.69) is 39.3 Å². The molecule has 0 heterocycles. The lowest BCUT2D eigenvalue weighted by Gasteiger charge is -2.45. The van der Waals surface area contributed by atoms with Crippen molar-refractivity contribution in [2.75, 3.05) is 18.6 Å². The Kier molecular flexibility index (Phi) is 6.54. The molecule has 1 fully saturated rings. The second-order valence-corrected chi connectivity index (χ2v) is 8.60. The summed E-state index contributed by atoms with van der Waals surface area (Å²) >= 11 is 1.97. The summed E-state index contributed by atoms with van der Waals surface area (Å²) < 4.78 is 0. The van der Waals surface area contributed by atoms with E-state index in [1.165, 1.54) is 50.8 Å². The molecular weight excluding hydrogens is 238 g/mol. The molecule has 1 rings (SSSR count). The van der Waals surface area contributed by atoms with Gasteiger partial charge in [0.1, 0.15) is 0 Å². The molecule has 0 aliphatic heterocycles. The van der Waals surface area contributed by atoms with E-state index in [0.717, 1.165) is 6.04 Å². The van der Waals surface area contributed by atoms with Gasteiger partial charge in [-0.3, -0.25) is 0 Å². The highest BCUT2D eigenvalue weighted by Gasteiger charge is 2.37. The zero-order valence-corrected chi connectivity index (χ0v) is 14.0. The van der Waals surface area contributed by atoms with Crippen LogP contribution in [0.4, 0.5) is 0 Å². The van der Waals surface area contributed by atoms with Crippen LogP contribution in [0.5, 0.6) is 0 Å². The van der Waals surface area contributed by atoms with Crippen molar-refractivity contribution in [1.82, 2.24) is 5.32 Å². The van der Waals surface area contributed by atoms with Crippen LogP contribution in [0.15, 0.2) is 0 Å². The van der Waals surface area contributed by atoms with Gasteiger partial charge in [0.25, 0.3) is 0 Å². The van der Waals surface area contributed by atoms with Crippen LogP contribution in [0.2, 0.25) is 0 Å². The highest BCUT2D eigenvalue weighted by molar-refractivity contribution is 7.98. The van der Waals surface area contributed by atoms with Crippen LogP contribution in [-0.4, -0.2) is 24.6 Å². The van der Waals surface area contributed by atoms with Crippen LogP contribution in [0.25, 0.3) is 0 Å². The Bertz CT molecular complexity index is 219. The van der Waals surface area contributed by atoms with Crippen molar-refractivity contribution < 1.29 is 0 Å². The van der Waals surface area contributed by atoms with Crippen molar-refractivity contribution in [1.29, 1.82) is 0 Å². The first-order valence-electron chi connectivity index (χ1n) is 7.57. The lowest BCUT2D eigenvalue weighted by Crippen LogP contribution is -2.44. The average Bonchev–Trinajstić information content (AvgIpc) is 2.18. The maximum Gasteiger partial charge on any atom is 0.00772 e. The highest BCUT2D eigenvalue weighted by Crippen LogP contribution is 2.45. The third kappa shape index (κ3) is 6.47. The average molecular weight is 272 g/mol. The molecule has 18 heavy (non-hydrogen) atoms. The van der Waals surface area contributed by atoms with E-state index >= 15 is 0 Å². The molecule has 108 valence electrons. The first-order chi connectivity index (χ1) is 8.35. The van der Waals surface area contributed by atoms with Gasteiger partial charge in [-0.05, 0) is 61.5 Å². The van der Waals surface area contributed by atoms with Gasteiger partial charge < -0.3 is 5.32 Å². The minimum absolute atomic E-state index is 0.512. The van der Waals surface area contributed by atoms with E-state index in [9.17, 15) is 0 Å². The van der Waals surface area contributed by atoms with E-state index in [0.29, 0.717) is 10.8 Å². The quantitative estimate of drug-likeness (QED) is 0.673. The molecule has 0 unspecified atom stereocenters. The van der Waals surface area contributed by atoms with Gasteiger partial charge in [0.15, 0.2) is 0 Å². The Labute approximate surface area is 119 Å². The lowest BCUT2D eigenvalue weighted by atomic mass is 9.63. The molecule has 1 saturated carbocycles. The topological polar surface area (TPSA) is 12.0 Å². The molecular formula is C16H33NS. The van der Waals surface area contributed by atoms with Crippen LogP contribution in [0, 0.1) is 10.8 Å². The van der Waals surface area contributed by atoms with E-state index in [-0.39, 0.29) is 0 Å². The van der Waals surface area contributed by atoms with Gasteiger partial charge in [0.05, 0.1) is 0 Å². The standard InChI is InChI=1S/C16H33NS/c1-15(2)11-14(12-16(3,4)13-15)17-9-7-6-8-10-18-5/h14,17H,6-13H2,1-5H3. The van der Waals surface area contributed by atoms with Crippen LogP contribution in [-0.2, 0) is 0 Å². The number of thioether (sulfide) groups is 1. The predicted molar refractivity (Wildman–Crippen MR) is 85.4 cm³/mol. The molecule has 0 atom stereocenters. The summed E-state index contributed by atoms with van der Waals surface area (Å²) in [6.45, 7) is 10.9. The summed E-state index contributed by atoms with van der Waals surface area (Å²) in [6.07, 6.45) is 10.4. The molecule has 1 aliphatic carbocycles. The van der Waals surface area contributed by atoms with Crippen molar-refractivity contribution in [2.24, 2.45) is 10.8 Å². The first kappa shape index (κ1) is 16.4. The van der Waals surface area contributed by atoms with Gasteiger partial charge in [-0.2, -0.15) is 11.8 Å². The summed E-state index contributed by atoms with van der Waals surface area (Å²) in [5.74, 6) is 1.32. The molecule has 0 bridgehead atoms. The number of hydrogen-bond donors (Lipinski definition) is 1. The minimum Gasteiger partial charge on any atom is -0.314 e. The van der Waals surface area contributed by atoms with E-state index in [1.54, 1.807) is 0 Å². The smallest absolute Gasteiger partial charge is 0.00772 e. The predicted octanol–water partition coefficient (Wildman–Crippen LogP) is 4.71. The van der Waals surface area contributed by atoms with Gasteiger partial charge in [-0.1, -0.05) is 34.1 Å². The zero-order chi connectivity index (χ0) is 13.6. The van der Waals surface area contributed by atoms with Gasteiger partial charge in [-0.25, -0.2) is 0 Å². The van der Waals surface area contributed by atoms with Crippen molar-refractivity contribution in [3.05, 3.63) is 0 Å². The summed E-state index contributed by atoms with van der Waals surface area (Å²) in [6, 6.07) is 0.740. The van der Waals surface area contributed by atoms with Gasteiger partial charge in [0.2, 0.25) is 0 Å². The number of rotatable bonds is 7. The Morgan fingerprint density at radius 2 is 1.61 bits per heavy atom. The SMILES string of the molecule is CSCCCCCNC1CC(C)(C)CC(C)(C)C1. The molecule has 0 spiro atoms. The van der Waals surface area contributed by atoms with E-state index < -0.39 is 0 Å². The lowest BCUT2D eigenvalue weighted by molar-refractivity contribution is 0.0851. The molecule has 1 aliphatic rings. The fourth-order valence-corrected chi connectivity index (χ4v) is 4.34. The number of hydrogen-bond acceptors (Lipinski definition) is 2. The third-order valence-corrected chi connectivity index (χ3v) is 4.71. The van der Waals surface area contributed by atoms with Crippen LogP contribution < -0.4 is 5.32 Å². The largest absolute Gasteiger partial charge is 0.314 e. The second kappa shape index (κ2) is 7.19. The molecule has 0 aromatic carbocycles. The third-order valence-electron chi connectivity index (χ3n) is 4.01. The normalized spacial score (nSPS) is 23.2. The Morgan fingerprint density at radius 1 is 1.00 bits per heavy atom. The van der Waals surface area contributed by atoms with Crippen LogP contribution in [0.3, 0.4) is 0 Å². The number of unbranched alkanes of at least 4 members (excludes halogenated alkanes) is 2. The molecule has 0 saturated heterocycles. The molecule has 1 N–H and O–H groups in total. The Hall–Kier alpha value is 0.310. The summed E-state index contributed by atoms with van der Waals surface area (Å²) in [5.41, 5.74) is 1.02. The summed E-state index contributed by atoms with van der Waals surface area (Å²) in [4.78, 5) is 0. The first-order valence-corrected chi connectivity index (χ1v) is 8.96. The Balaban J connectivity index is 2.21. The summed E-state index contributed by atoms with van der Waals surface area (Å²) in [5, 5.41) is 3.80. The molecule has 1 nitrogen and oxygen atoms in total. The van der Waals surface area contributed by atoms with Gasteiger partial charge in [-0.15, -0.1) is 0 Å². The maximum atomic E-state index is 3.80. The zero-order valence-electron chi connectivity index (χ0n) is 13.1. The Morgan fingerprint density at radius 3 is 2.17 bits per heavy atom. The fraction of sp³-hybridized carbons (Fsp3) is 1.00. The molecule has 0 radical (unpaired) electrons. The molecule has 0 amide bonds. The monoisotopic (exact) mass is 271 g/mol. The van der Waals surface area contributed by atoms with Gasteiger partial charge >= 0.3 is 0 Å². The second-order valence-electron chi connectivity index (χ2n) is 7.62. The van der Waals surface area contributed by atoms with Crippen molar-refractivity contribution in [3.8, 4) is 0 Å².